The standard InChI is InChI=1S/2C21H23.C6H10.2ClH.Ti/c2*1-5-15-9-11-16(12-10-15)19-8-6-7-17-13-18(14-20(17)19)21(2,3)4;1-2-4-6-5-3-1;;;/h2*6-14H,5H2,1-4H3;1-2H,3-6H2;2*1H;/q;;;;;+2/p-2. The Kier molecular flexibility index (Phi) is 10.6. The quantitative estimate of drug-likeness (QED) is 0.175. The summed E-state index contributed by atoms with van der Waals surface area (Å²) in [5.74, 6) is 0. The second kappa shape index (κ2) is 14.1. The smallest absolute Gasteiger partial charge is 1.00 e. The third kappa shape index (κ3) is 6.19. The van der Waals surface area contributed by atoms with E-state index in [2.05, 4.69) is 152 Å². The molecule has 0 radical (unpaired) electrons. The van der Waals surface area contributed by atoms with Crippen molar-refractivity contribution in [1.29, 1.82) is 0 Å². The van der Waals surface area contributed by atoms with E-state index in [1.54, 1.807) is 22.3 Å². The van der Waals surface area contributed by atoms with Gasteiger partial charge in [0.15, 0.2) is 0 Å². The van der Waals surface area contributed by atoms with Crippen molar-refractivity contribution in [3.05, 3.63) is 129 Å². The van der Waals surface area contributed by atoms with Crippen LogP contribution in [0.3, 0.4) is 0 Å². The normalized spacial score (nSPS) is 23.5. The molecule has 0 bridgehead atoms. The van der Waals surface area contributed by atoms with E-state index in [0.717, 1.165) is 21.3 Å². The Morgan fingerprint density at radius 3 is 1.24 bits per heavy atom. The molecular formula is C48H56Cl2Ti. The van der Waals surface area contributed by atoms with Crippen LogP contribution in [-0.2, 0) is 29.4 Å². The van der Waals surface area contributed by atoms with Crippen LogP contribution >= 0.6 is 0 Å². The molecule has 1 saturated carbocycles. The Hall–Kier alpha value is -2.35. The van der Waals surface area contributed by atoms with Gasteiger partial charge in [-0.15, -0.1) is 0 Å². The molecule has 0 amide bonds. The second-order valence-corrected chi connectivity index (χ2v) is 25.0. The molecule has 4 aliphatic rings. The van der Waals surface area contributed by atoms with E-state index in [0.29, 0.717) is 8.45 Å². The molecule has 266 valence electrons. The number of halogens is 2. The number of hydrogen-bond acceptors (Lipinski definition) is 0. The third-order valence-electron chi connectivity index (χ3n) is 13.1. The molecule has 3 heteroatoms. The number of aryl methyl sites for hydroxylation is 2. The van der Waals surface area contributed by atoms with Gasteiger partial charge in [0.1, 0.15) is 0 Å². The van der Waals surface area contributed by atoms with E-state index >= 15 is 0 Å². The summed E-state index contributed by atoms with van der Waals surface area (Å²) in [6.45, 7) is 19.6. The predicted molar refractivity (Wildman–Crippen MR) is 209 cm³/mol. The van der Waals surface area contributed by atoms with Gasteiger partial charge in [-0.1, -0.05) is 0 Å². The number of rotatable bonds is 6. The Morgan fingerprint density at radius 2 is 0.902 bits per heavy atom. The molecule has 8 rings (SSSR count). The Morgan fingerprint density at radius 1 is 0.529 bits per heavy atom. The molecule has 0 N–H and O–H groups in total. The molecule has 4 aromatic carbocycles. The van der Waals surface area contributed by atoms with E-state index in [1.165, 1.54) is 70.2 Å². The van der Waals surface area contributed by atoms with Crippen LogP contribution in [0.5, 0.6) is 0 Å². The maximum Gasteiger partial charge on any atom is -1.00 e. The van der Waals surface area contributed by atoms with Crippen molar-refractivity contribution in [2.75, 3.05) is 0 Å². The molecule has 1 saturated heterocycles. The maximum absolute atomic E-state index is 2.82. The average molecular weight is 752 g/mol. The van der Waals surface area contributed by atoms with Crippen LogP contribution in [0.2, 0.25) is 8.45 Å². The largest absolute Gasteiger partial charge is 1.00 e. The molecule has 3 aliphatic carbocycles. The Labute approximate surface area is 324 Å². The van der Waals surface area contributed by atoms with Gasteiger partial charge in [-0.2, -0.15) is 0 Å². The molecular weight excluding hydrogens is 695 g/mol. The van der Waals surface area contributed by atoms with E-state index in [9.17, 15) is 0 Å². The maximum atomic E-state index is 2.71. The van der Waals surface area contributed by atoms with E-state index < -0.39 is 16.6 Å². The topological polar surface area (TPSA) is 0 Å². The van der Waals surface area contributed by atoms with Gasteiger partial charge in [0.25, 0.3) is 0 Å². The van der Waals surface area contributed by atoms with Crippen LogP contribution in [0, 0.1) is 10.8 Å². The molecule has 1 heterocycles. The van der Waals surface area contributed by atoms with Crippen molar-refractivity contribution in [1.82, 2.24) is 0 Å². The van der Waals surface area contributed by atoms with Crippen molar-refractivity contribution in [3.63, 3.8) is 0 Å². The minimum Gasteiger partial charge on any atom is -1.00 e. The minimum atomic E-state index is -2.82. The number of benzene rings is 4. The molecule has 51 heavy (non-hydrogen) atoms. The van der Waals surface area contributed by atoms with Crippen molar-refractivity contribution in [3.8, 4) is 22.3 Å². The van der Waals surface area contributed by atoms with Gasteiger partial charge in [0.05, 0.1) is 0 Å². The minimum absolute atomic E-state index is 0. The zero-order chi connectivity index (χ0) is 34.3. The molecule has 0 aromatic heterocycles. The van der Waals surface area contributed by atoms with Gasteiger partial charge in [-0.3, -0.25) is 0 Å². The van der Waals surface area contributed by atoms with Gasteiger partial charge in [0.2, 0.25) is 0 Å². The molecule has 0 spiro atoms. The SMILES string of the molecule is CCc1ccc(-c2cccc3c2C=C(C(C)(C)C)[CH]3[Ti+2]2([CH]3C(C(C)(C)C)=Cc4c(-c5ccc(CC)cc5)cccc43)[CH]3CCCC[CH]32)cc1.[Cl-].[Cl-]. The zero-order valence-electron chi connectivity index (χ0n) is 32.0. The number of fused-ring (bicyclic) bond motifs is 3. The fraction of sp³-hybridized carbons (Fsp3) is 0.417. The molecule has 1 aliphatic heterocycles. The van der Waals surface area contributed by atoms with Crippen molar-refractivity contribution in [2.24, 2.45) is 10.8 Å². The monoisotopic (exact) mass is 750 g/mol. The fourth-order valence-electron chi connectivity index (χ4n) is 10.8. The number of allylic oxidation sites excluding steroid dienone is 2. The van der Waals surface area contributed by atoms with E-state index in [-0.39, 0.29) is 35.6 Å². The van der Waals surface area contributed by atoms with Gasteiger partial charge >= 0.3 is 302 Å². The summed E-state index contributed by atoms with van der Waals surface area (Å²) < 4.78 is 3.09. The first-order valence-corrected chi connectivity index (χ1v) is 23.0. The Bertz CT molecular complexity index is 1820. The van der Waals surface area contributed by atoms with Crippen molar-refractivity contribution in [2.45, 2.75) is 111 Å². The van der Waals surface area contributed by atoms with E-state index in [1.807, 2.05) is 0 Å². The predicted octanol–water partition coefficient (Wildman–Crippen LogP) is 8.14. The third-order valence-corrected chi connectivity index (χ3v) is 23.8. The summed E-state index contributed by atoms with van der Waals surface area (Å²) in [6, 6.07) is 33.6. The van der Waals surface area contributed by atoms with Gasteiger partial charge in [-0.25, -0.2) is 0 Å². The van der Waals surface area contributed by atoms with Gasteiger partial charge < -0.3 is 24.8 Å². The molecule has 4 aromatic rings. The van der Waals surface area contributed by atoms with Gasteiger partial charge in [0, 0.05) is 0 Å². The molecule has 4 unspecified atom stereocenters. The average Bonchev–Trinajstić information content (AvgIpc) is 3.36. The van der Waals surface area contributed by atoms with Crippen molar-refractivity contribution >= 4 is 12.2 Å². The van der Waals surface area contributed by atoms with Crippen molar-refractivity contribution < 1.29 is 41.4 Å². The summed E-state index contributed by atoms with van der Waals surface area (Å²) in [4.78, 5) is 0. The first-order valence-electron chi connectivity index (χ1n) is 19.4. The summed E-state index contributed by atoms with van der Waals surface area (Å²) >= 11 is -2.82. The summed E-state index contributed by atoms with van der Waals surface area (Å²) in [7, 11) is 0. The van der Waals surface area contributed by atoms with Crippen LogP contribution in [-0.4, -0.2) is 0 Å². The summed E-state index contributed by atoms with van der Waals surface area (Å²) in [6.07, 6.45) is 13.3. The van der Waals surface area contributed by atoms with Crippen LogP contribution < -0.4 is 24.8 Å². The van der Waals surface area contributed by atoms with E-state index in [4.69, 9.17) is 0 Å². The molecule has 2 fully saturated rings. The summed E-state index contributed by atoms with van der Waals surface area (Å²) in [5, 5.41) is 0. The fourth-order valence-corrected chi connectivity index (χ4v) is 25.5. The zero-order valence-corrected chi connectivity index (χ0v) is 35.1. The van der Waals surface area contributed by atoms with Crippen LogP contribution in [0.15, 0.2) is 96.1 Å². The number of hydrogen-bond donors (Lipinski definition) is 0. The molecule has 4 atom stereocenters. The molecule has 0 nitrogen and oxygen atoms in total. The second-order valence-electron chi connectivity index (χ2n) is 17.8. The van der Waals surface area contributed by atoms with Crippen LogP contribution in [0.4, 0.5) is 0 Å². The van der Waals surface area contributed by atoms with Crippen LogP contribution in [0.1, 0.15) is 123 Å². The first kappa shape index (κ1) is 38.4. The first-order chi connectivity index (χ1) is 23.5. The Balaban J connectivity index is 0.00000224. The van der Waals surface area contributed by atoms with Gasteiger partial charge in [-0.05, 0) is 0 Å². The van der Waals surface area contributed by atoms with Crippen LogP contribution in [0.25, 0.3) is 34.4 Å². The summed E-state index contributed by atoms with van der Waals surface area (Å²) in [5.41, 5.74) is 18.5.